The van der Waals surface area contributed by atoms with Crippen molar-refractivity contribution in [3.63, 3.8) is 0 Å². The average molecular weight is 177 g/mol. The van der Waals surface area contributed by atoms with Gasteiger partial charge >= 0.3 is 0 Å². The van der Waals surface area contributed by atoms with Crippen molar-refractivity contribution >= 4 is 5.69 Å². The quantitative estimate of drug-likeness (QED) is 0.568. The maximum absolute atomic E-state index is 5.76. The molecule has 13 heavy (non-hydrogen) atoms. The van der Waals surface area contributed by atoms with Crippen LogP contribution in [0.2, 0.25) is 0 Å². The third kappa shape index (κ3) is 2.02. The van der Waals surface area contributed by atoms with Gasteiger partial charge in [-0.15, -0.1) is 0 Å². The maximum atomic E-state index is 5.76. The number of anilines is 1. The van der Waals surface area contributed by atoms with E-state index in [1.165, 1.54) is 0 Å². The summed E-state index contributed by atoms with van der Waals surface area (Å²) >= 11 is 0. The zero-order valence-electron chi connectivity index (χ0n) is 8.13. The van der Waals surface area contributed by atoms with Crippen molar-refractivity contribution in [1.82, 2.24) is 0 Å². The molecule has 0 bridgehead atoms. The standard InChI is InChI=1S/C11H15NO/c1-4-7-13-11-8(2)5-6-10(12)9(11)3/h4-6H,1,7,12H2,2-3H3. The van der Waals surface area contributed by atoms with E-state index in [-0.39, 0.29) is 0 Å². The minimum Gasteiger partial charge on any atom is -0.489 e. The van der Waals surface area contributed by atoms with Gasteiger partial charge in [0.25, 0.3) is 0 Å². The van der Waals surface area contributed by atoms with E-state index in [1.54, 1.807) is 6.08 Å². The first-order valence-corrected chi connectivity index (χ1v) is 4.26. The van der Waals surface area contributed by atoms with Crippen molar-refractivity contribution in [1.29, 1.82) is 0 Å². The van der Waals surface area contributed by atoms with E-state index in [0.717, 1.165) is 22.6 Å². The molecule has 70 valence electrons. The smallest absolute Gasteiger partial charge is 0.127 e. The molecule has 0 amide bonds. The Morgan fingerprint density at radius 1 is 1.46 bits per heavy atom. The molecule has 2 heteroatoms. The fourth-order valence-electron chi connectivity index (χ4n) is 1.21. The molecule has 0 atom stereocenters. The summed E-state index contributed by atoms with van der Waals surface area (Å²) in [5.41, 5.74) is 8.63. The Labute approximate surface area is 79.0 Å². The SMILES string of the molecule is C=CCOc1c(C)ccc(N)c1C. The van der Waals surface area contributed by atoms with Crippen LogP contribution in [0.25, 0.3) is 0 Å². The van der Waals surface area contributed by atoms with Crippen LogP contribution in [0.5, 0.6) is 5.75 Å². The van der Waals surface area contributed by atoms with Crippen LogP contribution >= 0.6 is 0 Å². The summed E-state index contributed by atoms with van der Waals surface area (Å²) < 4.78 is 5.50. The number of hydrogen-bond acceptors (Lipinski definition) is 2. The van der Waals surface area contributed by atoms with Gasteiger partial charge in [-0.1, -0.05) is 18.7 Å². The molecular formula is C11H15NO. The predicted molar refractivity (Wildman–Crippen MR) is 56.0 cm³/mol. The Morgan fingerprint density at radius 3 is 2.77 bits per heavy atom. The van der Waals surface area contributed by atoms with Gasteiger partial charge in [-0.05, 0) is 25.5 Å². The molecule has 0 saturated carbocycles. The van der Waals surface area contributed by atoms with Crippen molar-refractivity contribution in [3.05, 3.63) is 35.9 Å². The van der Waals surface area contributed by atoms with E-state index >= 15 is 0 Å². The van der Waals surface area contributed by atoms with E-state index in [4.69, 9.17) is 10.5 Å². The molecule has 1 aromatic carbocycles. The molecule has 0 aromatic heterocycles. The minimum atomic E-state index is 0.519. The van der Waals surface area contributed by atoms with Crippen molar-refractivity contribution in [2.75, 3.05) is 12.3 Å². The van der Waals surface area contributed by atoms with Gasteiger partial charge in [0.2, 0.25) is 0 Å². The molecule has 0 radical (unpaired) electrons. The first-order chi connectivity index (χ1) is 6.16. The summed E-state index contributed by atoms with van der Waals surface area (Å²) in [5, 5.41) is 0. The molecule has 0 spiro atoms. The van der Waals surface area contributed by atoms with E-state index in [1.807, 2.05) is 26.0 Å². The molecule has 0 fully saturated rings. The van der Waals surface area contributed by atoms with Crippen LogP contribution in [0, 0.1) is 13.8 Å². The number of nitrogen functional groups attached to an aromatic ring is 1. The number of ether oxygens (including phenoxy) is 1. The third-order valence-corrected chi connectivity index (χ3v) is 1.99. The fourth-order valence-corrected chi connectivity index (χ4v) is 1.21. The first-order valence-electron chi connectivity index (χ1n) is 4.26. The maximum Gasteiger partial charge on any atom is 0.127 e. The minimum absolute atomic E-state index is 0.519. The predicted octanol–water partition coefficient (Wildman–Crippen LogP) is 2.45. The van der Waals surface area contributed by atoms with E-state index in [9.17, 15) is 0 Å². The first kappa shape index (κ1) is 9.65. The molecule has 0 aliphatic rings. The van der Waals surface area contributed by atoms with Crippen molar-refractivity contribution in [3.8, 4) is 5.75 Å². The summed E-state index contributed by atoms with van der Waals surface area (Å²) in [6.07, 6.45) is 1.72. The monoisotopic (exact) mass is 177 g/mol. The summed E-state index contributed by atoms with van der Waals surface area (Å²) in [4.78, 5) is 0. The van der Waals surface area contributed by atoms with Gasteiger partial charge in [0.05, 0.1) is 0 Å². The Hall–Kier alpha value is -1.44. The molecule has 1 aromatic rings. The van der Waals surface area contributed by atoms with Crippen LogP contribution in [0.4, 0.5) is 5.69 Å². The Bertz CT molecular complexity index is 318. The largest absolute Gasteiger partial charge is 0.489 e. The normalized spacial score (nSPS) is 9.69. The molecule has 1 rings (SSSR count). The van der Waals surface area contributed by atoms with Crippen LogP contribution in [0.15, 0.2) is 24.8 Å². The number of nitrogens with two attached hydrogens (primary N) is 1. The van der Waals surface area contributed by atoms with Crippen molar-refractivity contribution in [2.24, 2.45) is 0 Å². The van der Waals surface area contributed by atoms with Gasteiger partial charge in [0.1, 0.15) is 12.4 Å². The van der Waals surface area contributed by atoms with Crippen LogP contribution in [-0.2, 0) is 0 Å². The third-order valence-electron chi connectivity index (χ3n) is 1.99. The van der Waals surface area contributed by atoms with Gasteiger partial charge in [0.15, 0.2) is 0 Å². The lowest BCUT2D eigenvalue weighted by atomic mass is 10.1. The lowest BCUT2D eigenvalue weighted by molar-refractivity contribution is 0.358. The highest BCUT2D eigenvalue weighted by molar-refractivity contribution is 5.56. The van der Waals surface area contributed by atoms with Crippen molar-refractivity contribution < 1.29 is 4.74 Å². The van der Waals surface area contributed by atoms with E-state index in [0.29, 0.717) is 6.61 Å². The number of hydrogen-bond donors (Lipinski definition) is 1. The van der Waals surface area contributed by atoms with Gasteiger partial charge in [-0.25, -0.2) is 0 Å². The molecule has 2 N–H and O–H groups in total. The molecule has 0 aliphatic heterocycles. The summed E-state index contributed by atoms with van der Waals surface area (Å²) in [7, 11) is 0. The Morgan fingerprint density at radius 2 is 2.15 bits per heavy atom. The lowest BCUT2D eigenvalue weighted by Crippen LogP contribution is -2.00. The van der Waals surface area contributed by atoms with Gasteiger partial charge in [0, 0.05) is 11.3 Å². The highest BCUT2D eigenvalue weighted by atomic mass is 16.5. The molecule has 0 heterocycles. The lowest BCUT2D eigenvalue weighted by Gasteiger charge is -2.11. The number of rotatable bonds is 3. The number of benzene rings is 1. The average Bonchev–Trinajstić information content (AvgIpc) is 2.12. The molecule has 0 saturated heterocycles. The van der Waals surface area contributed by atoms with Crippen molar-refractivity contribution in [2.45, 2.75) is 13.8 Å². The molecule has 0 unspecified atom stereocenters. The highest BCUT2D eigenvalue weighted by Crippen LogP contribution is 2.27. The second-order valence-electron chi connectivity index (χ2n) is 3.03. The molecule has 0 aliphatic carbocycles. The van der Waals surface area contributed by atoms with E-state index in [2.05, 4.69) is 6.58 Å². The van der Waals surface area contributed by atoms with Gasteiger partial charge < -0.3 is 10.5 Å². The Balaban J connectivity index is 3.02. The van der Waals surface area contributed by atoms with Gasteiger partial charge in [-0.2, -0.15) is 0 Å². The van der Waals surface area contributed by atoms with Crippen LogP contribution in [0.3, 0.4) is 0 Å². The number of aryl methyl sites for hydroxylation is 1. The van der Waals surface area contributed by atoms with E-state index < -0.39 is 0 Å². The highest BCUT2D eigenvalue weighted by Gasteiger charge is 2.05. The van der Waals surface area contributed by atoms with Crippen LogP contribution in [0.1, 0.15) is 11.1 Å². The van der Waals surface area contributed by atoms with Crippen LogP contribution < -0.4 is 10.5 Å². The molecular weight excluding hydrogens is 162 g/mol. The van der Waals surface area contributed by atoms with Gasteiger partial charge in [-0.3, -0.25) is 0 Å². The second kappa shape index (κ2) is 3.99. The summed E-state index contributed by atoms with van der Waals surface area (Å²) in [6, 6.07) is 3.85. The Kier molecular flexibility index (Phi) is 2.96. The van der Waals surface area contributed by atoms with Crippen LogP contribution in [-0.4, -0.2) is 6.61 Å². The summed E-state index contributed by atoms with van der Waals surface area (Å²) in [5.74, 6) is 0.875. The second-order valence-corrected chi connectivity index (χ2v) is 3.03. The zero-order valence-corrected chi connectivity index (χ0v) is 8.13. The topological polar surface area (TPSA) is 35.2 Å². The molecule has 2 nitrogen and oxygen atoms in total. The summed E-state index contributed by atoms with van der Waals surface area (Å²) in [6.45, 7) is 8.08. The fraction of sp³-hybridized carbons (Fsp3) is 0.273. The zero-order chi connectivity index (χ0) is 9.84.